The van der Waals surface area contributed by atoms with E-state index in [0.717, 1.165) is 38.2 Å². The van der Waals surface area contributed by atoms with Gasteiger partial charge in [0.25, 0.3) is 6.43 Å². The lowest BCUT2D eigenvalue weighted by Crippen LogP contribution is -2.55. The minimum atomic E-state index is -4.68. The van der Waals surface area contributed by atoms with Crippen molar-refractivity contribution < 1.29 is 26.7 Å². The Labute approximate surface area is 182 Å². The molecule has 3 aliphatic rings. The van der Waals surface area contributed by atoms with Crippen LogP contribution in [-0.2, 0) is 10.9 Å². The third-order valence-electron chi connectivity index (χ3n) is 6.76. The Hall–Kier alpha value is -2.27. The number of fused-ring (bicyclic) bond motifs is 1. The van der Waals surface area contributed by atoms with Gasteiger partial charge in [-0.25, -0.2) is 13.8 Å². The van der Waals surface area contributed by atoms with Crippen molar-refractivity contribution in [2.75, 3.05) is 32.5 Å². The number of methoxy groups -OCH3 is 1. The number of nitrogen functional groups attached to an aromatic ring is 1. The fourth-order valence-electron chi connectivity index (χ4n) is 4.99. The van der Waals surface area contributed by atoms with E-state index in [-0.39, 0.29) is 23.3 Å². The van der Waals surface area contributed by atoms with E-state index < -0.39 is 30.5 Å². The molecule has 6 nitrogen and oxygen atoms in total. The van der Waals surface area contributed by atoms with Crippen molar-refractivity contribution in [1.82, 2.24) is 9.88 Å². The molecule has 1 saturated heterocycles. The number of halogens is 5. The monoisotopic (exact) mass is 459 g/mol. The second-order valence-electron chi connectivity index (χ2n) is 8.70. The Morgan fingerprint density at radius 3 is 2.53 bits per heavy atom. The van der Waals surface area contributed by atoms with E-state index in [2.05, 4.69) is 14.9 Å². The first-order valence-electron chi connectivity index (χ1n) is 10.5. The number of hydrogen-bond acceptors (Lipinski definition) is 6. The predicted molar refractivity (Wildman–Crippen MR) is 110 cm³/mol. The van der Waals surface area contributed by atoms with Gasteiger partial charge in [0.05, 0.1) is 11.7 Å². The molecule has 2 unspecified atom stereocenters. The number of pyridine rings is 1. The molecule has 1 aromatic rings. The lowest BCUT2D eigenvalue weighted by atomic mass is 9.98. The number of likely N-dealkylation sites (tertiary alicyclic amines) is 1. The van der Waals surface area contributed by atoms with Gasteiger partial charge in [-0.05, 0) is 36.8 Å². The molecular formula is C21H26F5N5O. The van der Waals surface area contributed by atoms with Crippen molar-refractivity contribution >= 4 is 17.2 Å². The van der Waals surface area contributed by atoms with Gasteiger partial charge in [-0.1, -0.05) is 0 Å². The van der Waals surface area contributed by atoms with Crippen LogP contribution >= 0.6 is 0 Å². The van der Waals surface area contributed by atoms with Crippen LogP contribution in [0.3, 0.4) is 0 Å². The minimum absolute atomic E-state index is 0.00752. The van der Waals surface area contributed by atoms with Crippen LogP contribution in [0, 0.1) is 17.8 Å². The molecule has 11 heteroatoms. The number of allylic oxidation sites excluding steroid dienone is 1. The number of hydrogen-bond donors (Lipinski definition) is 2. The van der Waals surface area contributed by atoms with Gasteiger partial charge in [0.15, 0.2) is 0 Å². The Morgan fingerprint density at radius 2 is 1.97 bits per heavy atom. The van der Waals surface area contributed by atoms with Crippen LogP contribution in [0.5, 0.6) is 0 Å². The Bertz CT molecular complexity index is 900. The van der Waals surface area contributed by atoms with Crippen LogP contribution in [0.1, 0.15) is 24.0 Å². The van der Waals surface area contributed by atoms with Gasteiger partial charge in [0.2, 0.25) is 0 Å². The van der Waals surface area contributed by atoms with Gasteiger partial charge < -0.3 is 16.2 Å². The maximum absolute atomic E-state index is 13.1. The summed E-state index contributed by atoms with van der Waals surface area (Å²) in [5.41, 5.74) is 10.7. The quantitative estimate of drug-likeness (QED) is 0.483. The van der Waals surface area contributed by atoms with Crippen LogP contribution in [0.2, 0.25) is 0 Å². The van der Waals surface area contributed by atoms with Gasteiger partial charge in [-0.15, -0.1) is 0 Å². The zero-order valence-electron chi connectivity index (χ0n) is 17.5. The fourth-order valence-corrected chi connectivity index (χ4v) is 4.99. The number of ether oxygens (including phenoxy) is 1. The summed E-state index contributed by atoms with van der Waals surface area (Å²) in [4.78, 5) is 10.0. The van der Waals surface area contributed by atoms with Gasteiger partial charge in [-0.3, -0.25) is 9.89 Å². The first-order valence-corrected chi connectivity index (χ1v) is 10.5. The predicted octanol–water partition coefficient (Wildman–Crippen LogP) is 3.04. The number of rotatable bonds is 7. The molecule has 1 aromatic heterocycles. The number of nitrogens with zero attached hydrogens (tertiary/aromatic N) is 3. The maximum Gasteiger partial charge on any atom is 0.419 e. The SMILES string of the molecule is COC1CN(C2CC3C(C2)C3C(C=C(N)c2cnc(N)c(C(F)(F)F)c2)=NCC(F)F)C1. The molecule has 4 N–H and O–H groups in total. The standard InChI is InChI=1S/C21H26F5N5O/c1-32-12-8-31(9-12)11-3-13-14(4-11)19(13)17(29-7-18(22)23)5-16(27)10-2-15(21(24,25)26)20(28)30-6-10/h2,5-6,11-14,18-19H,3-4,7-9,27H2,1H3,(H2,28,30). The number of nitrogens with two attached hydrogens (primary N) is 2. The fraction of sp³-hybridized carbons (Fsp3) is 0.619. The van der Waals surface area contributed by atoms with Gasteiger partial charge in [0, 0.05) is 55.3 Å². The molecule has 2 aliphatic carbocycles. The van der Waals surface area contributed by atoms with Crippen molar-refractivity contribution in [1.29, 1.82) is 0 Å². The van der Waals surface area contributed by atoms with Crippen LogP contribution in [0.25, 0.3) is 5.70 Å². The molecule has 2 heterocycles. The smallest absolute Gasteiger partial charge is 0.398 e. The summed E-state index contributed by atoms with van der Waals surface area (Å²) >= 11 is 0. The molecule has 0 amide bonds. The maximum atomic E-state index is 13.1. The third kappa shape index (κ3) is 4.59. The second-order valence-corrected chi connectivity index (χ2v) is 8.70. The van der Waals surface area contributed by atoms with E-state index in [1.165, 1.54) is 6.08 Å². The lowest BCUT2D eigenvalue weighted by Gasteiger charge is -2.43. The van der Waals surface area contributed by atoms with E-state index in [9.17, 15) is 22.0 Å². The summed E-state index contributed by atoms with van der Waals surface area (Å²) in [5, 5.41) is 0. The normalized spacial score (nSPS) is 29.3. The minimum Gasteiger partial charge on any atom is -0.398 e. The molecule has 2 atom stereocenters. The number of alkyl halides is 5. The summed E-state index contributed by atoms with van der Waals surface area (Å²) in [7, 11) is 1.70. The lowest BCUT2D eigenvalue weighted by molar-refractivity contribution is -0.137. The van der Waals surface area contributed by atoms with Crippen molar-refractivity contribution in [3.8, 4) is 0 Å². The van der Waals surface area contributed by atoms with E-state index in [0.29, 0.717) is 23.6 Å². The van der Waals surface area contributed by atoms with Crippen molar-refractivity contribution in [3.63, 3.8) is 0 Å². The highest BCUT2D eigenvalue weighted by Crippen LogP contribution is 2.59. The highest BCUT2D eigenvalue weighted by Gasteiger charge is 2.59. The van der Waals surface area contributed by atoms with Crippen molar-refractivity contribution in [2.24, 2.45) is 28.5 Å². The molecule has 0 radical (unpaired) electrons. The largest absolute Gasteiger partial charge is 0.419 e. The Morgan fingerprint density at radius 1 is 1.31 bits per heavy atom. The van der Waals surface area contributed by atoms with Gasteiger partial charge in [-0.2, -0.15) is 13.2 Å². The molecule has 4 rings (SSSR count). The third-order valence-corrected chi connectivity index (χ3v) is 6.76. The van der Waals surface area contributed by atoms with E-state index in [1.54, 1.807) is 7.11 Å². The molecule has 0 bridgehead atoms. The van der Waals surface area contributed by atoms with Crippen molar-refractivity contribution in [2.45, 2.75) is 37.6 Å². The first kappa shape index (κ1) is 22.9. The summed E-state index contributed by atoms with van der Waals surface area (Å²) in [6.07, 6.45) is -2.60. The van der Waals surface area contributed by atoms with Crippen LogP contribution in [0.4, 0.5) is 27.8 Å². The average molecular weight is 459 g/mol. The average Bonchev–Trinajstić information content (AvgIpc) is 3.16. The van der Waals surface area contributed by atoms with E-state index >= 15 is 0 Å². The Balaban J connectivity index is 1.49. The highest BCUT2D eigenvalue weighted by molar-refractivity contribution is 6.04. The zero-order valence-corrected chi connectivity index (χ0v) is 17.5. The van der Waals surface area contributed by atoms with E-state index in [1.807, 2.05) is 0 Å². The zero-order chi connectivity index (χ0) is 23.2. The molecule has 0 aromatic carbocycles. The molecule has 2 saturated carbocycles. The molecule has 176 valence electrons. The summed E-state index contributed by atoms with van der Waals surface area (Å²) in [6, 6.07) is 1.26. The Kier molecular flexibility index (Phi) is 6.15. The summed E-state index contributed by atoms with van der Waals surface area (Å²) in [6.45, 7) is 1.13. The van der Waals surface area contributed by atoms with Crippen molar-refractivity contribution in [3.05, 3.63) is 29.5 Å². The number of aromatic nitrogens is 1. The van der Waals surface area contributed by atoms with Gasteiger partial charge >= 0.3 is 6.18 Å². The van der Waals surface area contributed by atoms with E-state index in [4.69, 9.17) is 16.2 Å². The highest BCUT2D eigenvalue weighted by atomic mass is 19.4. The topological polar surface area (TPSA) is 89.8 Å². The first-order chi connectivity index (χ1) is 15.1. The second kappa shape index (κ2) is 8.58. The molecule has 1 aliphatic heterocycles. The molecule has 32 heavy (non-hydrogen) atoms. The molecule has 0 spiro atoms. The summed E-state index contributed by atoms with van der Waals surface area (Å²) < 4.78 is 70.4. The van der Waals surface area contributed by atoms with Crippen LogP contribution in [-0.4, -0.2) is 60.9 Å². The van der Waals surface area contributed by atoms with Crippen LogP contribution in [0.15, 0.2) is 23.3 Å². The number of anilines is 1. The molecular weight excluding hydrogens is 433 g/mol. The summed E-state index contributed by atoms with van der Waals surface area (Å²) in [5.74, 6) is -0.0216. The van der Waals surface area contributed by atoms with Gasteiger partial charge in [0.1, 0.15) is 12.4 Å². The molecule has 3 fully saturated rings. The number of aliphatic imine (C=N–C) groups is 1. The van der Waals surface area contributed by atoms with Crippen LogP contribution < -0.4 is 11.5 Å².